The third kappa shape index (κ3) is 4.97. The number of hydrazine groups is 1. The molecule has 166 valence electrons. The third-order valence-corrected chi connectivity index (χ3v) is 5.96. The Morgan fingerprint density at radius 3 is 2.16 bits per heavy atom. The number of benzene rings is 2. The van der Waals surface area contributed by atoms with Gasteiger partial charge in [0, 0.05) is 7.05 Å². The number of rotatable bonds is 5. The summed E-state index contributed by atoms with van der Waals surface area (Å²) in [6.07, 6.45) is -1.82. The lowest BCUT2D eigenvalue weighted by Gasteiger charge is -2.44. The van der Waals surface area contributed by atoms with Gasteiger partial charge in [-0.3, -0.25) is 4.79 Å². The van der Waals surface area contributed by atoms with Crippen molar-refractivity contribution < 1.29 is 19.4 Å². The van der Waals surface area contributed by atoms with E-state index in [-0.39, 0.29) is 6.04 Å². The number of hydrogen-bond acceptors (Lipinski definition) is 5. The minimum absolute atomic E-state index is 0.256. The molecule has 2 aromatic carbocycles. The highest BCUT2D eigenvalue weighted by Gasteiger charge is 2.46. The minimum Gasteiger partial charge on any atom is -0.438 e. The van der Waals surface area contributed by atoms with E-state index in [0.29, 0.717) is 6.42 Å². The van der Waals surface area contributed by atoms with E-state index in [2.05, 4.69) is 0 Å². The molecule has 1 N–H and O–H groups in total. The summed E-state index contributed by atoms with van der Waals surface area (Å²) in [5, 5.41) is 13.7. The van der Waals surface area contributed by atoms with Crippen LogP contribution in [0.3, 0.4) is 0 Å². The van der Waals surface area contributed by atoms with Gasteiger partial charge in [-0.05, 0) is 29.9 Å². The molecule has 2 amide bonds. The van der Waals surface area contributed by atoms with Crippen molar-refractivity contribution in [1.29, 1.82) is 0 Å². The molecule has 2 aromatic rings. The van der Waals surface area contributed by atoms with Crippen LogP contribution in [-0.4, -0.2) is 46.3 Å². The number of likely N-dealkylation sites (N-methyl/N-ethyl adjacent to an activating group) is 1. The first-order valence-electron chi connectivity index (χ1n) is 10.7. The Balaban J connectivity index is 1.89. The topological polar surface area (TPSA) is 70.1 Å². The molecule has 4 atom stereocenters. The first-order chi connectivity index (χ1) is 14.6. The van der Waals surface area contributed by atoms with Crippen molar-refractivity contribution in [3.05, 3.63) is 71.8 Å². The summed E-state index contributed by atoms with van der Waals surface area (Å²) in [6, 6.07) is 18.8. The lowest BCUT2D eigenvalue weighted by atomic mass is 9.78. The lowest BCUT2D eigenvalue weighted by molar-refractivity contribution is -0.172. The molecule has 0 unspecified atom stereocenters. The van der Waals surface area contributed by atoms with E-state index >= 15 is 0 Å². The number of cyclic esters (lactones) is 1. The number of amides is 2. The first kappa shape index (κ1) is 23.0. The van der Waals surface area contributed by atoms with Gasteiger partial charge < -0.3 is 9.84 Å². The quantitative estimate of drug-likeness (QED) is 0.779. The van der Waals surface area contributed by atoms with Crippen molar-refractivity contribution in [3.63, 3.8) is 0 Å². The van der Waals surface area contributed by atoms with Crippen LogP contribution < -0.4 is 0 Å². The summed E-state index contributed by atoms with van der Waals surface area (Å²) in [6.45, 7) is 7.57. The fourth-order valence-electron chi connectivity index (χ4n) is 3.96. The van der Waals surface area contributed by atoms with Crippen molar-refractivity contribution in [1.82, 2.24) is 10.0 Å². The van der Waals surface area contributed by atoms with Crippen LogP contribution in [0.25, 0.3) is 0 Å². The number of hydrogen-bond donors (Lipinski definition) is 1. The van der Waals surface area contributed by atoms with Crippen molar-refractivity contribution in [2.75, 3.05) is 7.05 Å². The standard InChI is InChI=1S/C25H32N2O4/c1-17-21(19-14-10-7-11-15-19)31-24(30)27(26(17)5)23(29)20(22(28)25(2,3)4)16-18-12-8-6-9-13-18/h6-15,17,20-22,28H,16H2,1-5H3/t17-,20-,21-,22-/m0/s1. The molecule has 1 aliphatic rings. The van der Waals surface area contributed by atoms with Gasteiger partial charge in [0.1, 0.15) is 6.10 Å². The number of aliphatic hydroxyl groups excluding tert-OH is 1. The summed E-state index contributed by atoms with van der Waals surface area (Å²) in [5.41, 5.74) is 1.26. The summed E-state index contributed by atoms with van der Waals surface area (Å²) in [5.74, 6) is -1.25. The zero-order valence-corrected chi connectivity index (χ0v) is 18.9. The monoisotopic (exact) mass is 424 g/mol. The summed E-state index contributed by atoms with van der Waals surface area (Å²) in [4.78, 5) is 26.6. The maximum atomic E-state index is 13.6. The SMILES string of the molecule is C[C@H]1[C@@H](c2ccccc2)OC(=O)N(C(=O)[C@@H](Cc2ccccc2)[C@H](O)C(C)(C)C)N1C. The molecule has 0 bridgehead atoms. The van der Waals surface area contributed by atoms with Crippen LogP contribution in [0.2, 0.25) is 0 Å². The highest BCUT2D eigenvalue weighted by Crippen LogP contribution is 2.34. The fourth-order valence-corrected chi connectivity index (χ4v) is 3.96. The molecular formula is C25H32N2O4. The van der Waals surface area contributed by atoms with Gasteiger partial charge in [0.2, 0.25) is 0 Å². The molecule has 1 fully saturated rings. The molecule has 31 heavy (non-hydrogen) atoms. The van der Waals surface area contributed by atoms with E-state index in [1.807, 2.05) is 88.4 Å². The van der Waals surface area contributed by atoms with Gasteiger partial charge in [-0.15, -0.1) is 0 Å². The van der Waals surface area contributed by atoms with Crippen molar-refractivity contribution in [2.45, 2.75) is 52.4 Å². The molecular weight excluding hydrogens is 392 g/mol. The second kappa shape index (κ2) is 9.20. The Labute approximate surface area is 184 Å². The van der Waals surface area contributed by atoms with Crippen molar-refractivity contribution in [2.24, 2.45) is 11.3 Å². The van der Waals surface area contributed by atoms with Gasteiger partial charge in [-0.2, -0.15) is 5.01 Å². The normalized spacial score (nSPS) is 22.0. The smallest absolute Gasteiger partial charge is 0.432 e. The molecule has 1 aliphatic heterocycles. The molecule has 6 heteroatoms. The molecule has 1 heterocycles. The molecule has 0 spiro atoms. The number of aliphatic hydroxyl groups is 1. The predicted octanol–water partition coefficient (Wildman–Crippen LogP) is 4.21. The number of ether oxygens (including phenoxy) is 1. The largest absolute Gasteiger partial charge is 0.438 e. The van der Waals surface area contributed by atoms with Gasteiger partial charge in [-0.25, -0.2) is 9.80 Å². The van der Waals surface area contributed by atoms with E-state index in [1.165, 1.54) is 0 Å². The van der Waals surface area contributed by atoms with Gasteiger partial charge in [0.25, 0.3) is 5.91 Å². The second-order valence-corrected chi connectivity index (χ2v) is 9.29. The van der Waals surface area contributed by atoms with Crippen LogP contribution in [-0.2, 0) is 16.0 Å². The fraction of sp³-hybridized carbons (Fsp3) is 0.440. The Kier molecular flexibility index (Phi) is 6.82. The maximum Gasteiger partial charge on any atom is 0.432 e. The number of nitrogens with zero attached hydrogens (tertiary/aromatic N) is 2. The maximum absolute atomic E-state index is 13.6. The Hall–Kier alpha value is -2.70. The average molecular weight is 425 g/mol. The van der Waals surface area contributed by atoms with E-state index < -0.39 is 35.5 Å². The van der Waals surface area contributed by atoms with Crippen molar-refractivity contribution in [3.8, 4) is 0 Å². The molecule has 0 aromatic heterocycles. The summed E-state index contributed by atoms with van der Waals surface area (Å²) < 4.78 is 5.70. The molecule has 0 aliphatic carbocycles. The van der Waals surface area contributed by atoms with Gasteiger partial charge in [0.05, 0.1) is 18.1 Å². The lowest BCUT2D eigenvalue weighted by Crippen LogP contribution is -2.61. The van der Waals surface area contributed by atoms with Crippen LogP contribution in [0.15, 0.2) is 60.7 Å². The van der Waals surface area contributed by atoms with Gasteiger partial charge >= 0.3 is 6.09 Å². The van der Waals surface area contributed by atoms with E-state index in [9.17, 15) is 14.7 Å². The summed E-state index contributed by atoms with van der Waals surface area (Å²) >= 11 is 0. The first-order valence-corrected chi connectivity index (χ1v) is 10.7. The second-order valence-electron chi connectivity index (χ2n) is 9.29. The summed E-state index contributed by atoms with van der Waals surface area (Å²) in [7, 11) is 1.71. The predicted molar refractivity (Wildman–Crippen MR) is 119 cm³/mol. The number of carbonyl (C=O) groups is 2. The molecule has 3 rings (SSSR count). The van der Waals surface area contributed by atoms with Crippen LogP contribution in [0.1, 0.15) is 44.9 Å². The van der Waals surface area contributed by atoms with Crippen LogP contribution in [0, 0.1) is 11.3 Å². The van der Waals surface area contributed by atoms with E-state index in [1.54, 1.807) is 12.1 Å². The van der Waals surface area contributed by atoms with Crippen molar-refractivity contribution >= 4 is 12.0 Å². The molecule has 0 radical (unpaired) electrons. The van der Waals surface area contributed by atoms with Gasteiger partial charge in [0.15, 0.2) is 0 Å². The zero-order chi connectivity index (χ0) is 22.8. The van der Waals surface area contributed by atoms with Crippen LogP contribution in [0.5, 0.6) is 0 Å². The highest BCUT2D eigenvalue weighted by atomic mass is 16.6. The Morgan fingerprint density at radius 1 is 1.06 bits per heavy atom. The van der Waals surface area contributed by atoms with E-state index in [4.69, 9.17) is 4.74 Å². The Bertz CT molecular complexity index is 895. The molecule has 1 saturated heterocycles. The highest BCUT2D eigenvalue weighted by molar-refractivity contribution is 5.93. The van der Waals surface area contributed by atoms with Crippen LogP contribution >= 0.6 is 0 Å². The number of carbonyl (C=O) groups excluding carboxylic acids is 2. The molecule has 0 saturated carbocycles. The average Bonchev–Trinajstić information content (AvgIpc) is 2.74. The van der Waals surface area contributed by atoms with Gasteiger partial charge in [-0.1, -0.05) is 81.4 Å². The molecule has 6 nitrogen and oxygen atoms in total. The zero-order valence-electron chi connectivity index (χ0n) is 18.9. The third-order valence-electron chi connectivity index (χ3n) is 5.96. The van der Waals surface area contributed by atoms with E-state index in [0.717, 1.165) is 16.1 Å². The Morgan fingerprint density at radius 2 is 1.61 bits per heavy atom. The number of imide groups is 1. The van der Waals surface area contributed by atoms with Crippen LogP contribution in [0.4, 0.5) is 4.79 Å². The minimum atomic E-state index is -0.941.